The summed E-state index contributed by atoms with van der Waals surface area (Å²) < 4.78 is 0. The van der Waals surface area contributed by atoms with Crippen molar-refractivity contribution in [3.05, 3.63) is 35.4 Å². The second-order valence-electron chi connectivity index (χ2n) is 5.73. The maximum Gasteiger partial charge on any atom is 0.305 e. The summed E-state index contributed by atoms with van der Waals surface area (Å²) in [6.45, 7) is 2.05. The molecule has 4 nitrogen and oxygen atoms in total. The van der Waals surface area contributed by atoms with E-state index < -0.39 is 11.5 Å². The zero-order valence-corrected chi connectivity index (χ0v) is 13.0. The van der Waals surface area contributed by atoms with Crippen LogP contribution in [0, 0.1) is 6.92 Å². The first kappa shape index (κ1) is 15.9. The third-order valence-corrected chi connectivity index (χ3v) is 4.83. The number of nitrogens with one attached hydrogen (secondary N) is 1. The largest absolute Gasteiger partial charge is 0.481 e. The monoisotopic (exact) mass is 307 g/mol. The highest BCUT2D eigenvalue weighted by molar-refractivity contribution is 7.99. The maximum absolute atomic E-state index is 12.0. The van der Waals surface area contributed by atoms with Crippen molar-refractivity contribution in [2.75, 3.05) is 5.75 Å². The van der Waals surface area contributed by atoms with Crippen LogP contribution in [-0.2, 0) is 15.3 Å². The first-order valence-corrected chi connectivity index (χ1v) is 8.31. The number of thioether (sulfide) groups is 1. The molecule has 1 aliphatic rings. The minimum atomic E-state index is -0.845. The summed E-state index contributed by atoms with van der Waals surface area (Å²) in [5.41, 5.74) is 1.93. The van der Waals surface area contributed by atoms with Gasteiger partial charge in [-0.25, -0.2) is 0 Å². The molecule has 2 N–H and O–H groups in total. The molecule has 0 saturated heterocycles. The highest BCUT2D eigenvalue weighted by Crippen LogP contribution is 2.35. The van der Waals surface area contributed by atoms with Gasteiger partial charge in [-0.15, -0.1) is 11.8 Å². The fraction of sp³-hybridized carbons (Fsp3) is 0.500. The zero-order valence-electron chi connectivity index (χ0n) is 12.2. The van der Waals surface area contributed by atoms with E-state index in [-0.39, 0.29) is 12.3 Å². The Morgan fingerprint density at radius 3 is 2.48 bits per heavy atom. The lowest BCUT2D eigenvalue weighted by molar-refractivity contribution is -0.140. The molecule has 0 heterocycles. The molecule has 114 valence electrons. The van der Waals surface area contributed by atoms with Gasteiger partial charge in [0.1, 0.15) is 0 Å². The molecule has 1 amide bonds. The van der Waals surface area contributed by atoms with Crippen LogP contribution in [0.25, 0.3) is 0 Å². The number of amides is 1. The van der Waals surface area contributed by atoms with Gasteiger partial charge in [0, 0.05) is 5.75 Å². The topological polar surface area (TPSA) is 66.4 Å². The lowest BCUT2D eigenvalue weighted by Crippen LogP contribution is -2.55. The van der Waals surface area contributed by atoms with Gasteiger partial charge in [-0.1, -0.05) is 29.8 Å². The molecule has 0 atom stereocenters. The van der Waals surface area contributed by atoms with Crippen LogP contribution in [0.4, 0.5) is 0 Å². The lowest BCUT2D eigenvalue weighted by Gasteiger charge is -2.41. The molecule has 1 fully saturated rings. The Labute approximate surface area is 129 Å². The lowest BCUT2D eigenvalue weighted by atomic mass is 9.74. The van der Waals surface area contributed by atoms with E-state index in [0.29, 0.717) is 5.75 Å². The van der Waals surface area contributed by atoms with Crippen molar-refractivity contribution in [2.24, 2.45) is 0 Å². The molecular formula is C16H21NO3S. The second kappa shape index (κ2) is 6.98. The van der Waals surface area contributed by atoms with Gasteiger partial charge in [0.25, 0.3) is 0 Å². The number of hydrogen-bond acceptors (Lipinski definition) is 3. The van der Waals surface area contributed by atoms with E-state index in [4.69, 9.17) is 5.11 Å². The number of carbonyl (C=O) groups is 2. The van der Waals surface area contributed by atoms with Crippen LogP contribution in [-0.4, -0.2) is 28.3 Å². The molecule has 0 aromatic heterocycles. The molecule has 0 radical (unpaired) electrons. The van der Waals surface area contributed by atoms with Gasteiger partial charge in [-0.2, -0.15) is 0 Å². The summed E-state index contributed by atoms with van der Waals surface area (Å²) in [4.78, 5) is 22.8. The van der Waals surface area contributed by atoms with Crippen LogP contribution in [0.1, 0.15) is 36.8 Å². The predicted molar refractivity (Wildman–Crippen MR) is 84.3 cm³/mol. The molecule has 2 rings (SSSR count). The molecule has 1 saturated carbocycles. The smallest absolute Gasteiger partial charge is 0.305 e. The number of rotatable bonds is 7. The number of hydrogen-bond donors (Lipinski definition) is 2. The molecule has 21 heavy (non-hydrogen) atoms. The van der Waals surface area contributed by atoms with Crippen LogP contribution in [0.5, 0.6) is 0 Å². The molecule has 5 heteroatoms. The quantitative estimate of drug-likeness (QED) is 0.813. The molecule has 0 bridgehead atoms. The van der Waals surface area contributed by atoms with Gasteiger partial charge in [-0.05, 0) is 31.7 Å². The standard InChI is InChI=1S/C16H21NO3S/c1-12-3-5-13(6-4-12)10-21-11-14(18)17-16(7-2-8-16)9-15(19)20/h3-6H,2,7-11H2,1H3,(H,17,18)(H,19,20). The van der Waals surface area contributed by atoms with Crippen molar-refractivity contribution < 1.29 is 14.7 Å². The average Bonchev–Trinajstić information content (AvgIpc) is 2.38. The number of aryl methyl sites for hydroxylation is 1. The van der Waals surface area contributed by atoms with Crippen LogP contribution in [0.3, 0.4) is 0 Å². The van der Waals surface area contributed by atoms with Crippen molar-refractivity contribution in [2.45, 2.75) is 43.9 Å². The summed E-state index contributed by atoms with van der Waals surface area (Å²) in [7, 11) is 0. The Kier molecular flexibility index (Phi) is 5.28. The third kappa shape index (κ3) is 4.77. The van der Waals surface area contributed by atoms with Crippen LogP contribution >= 0.6 is 11.8 Å². The molecule has 0 spiro atoms. The molecule has 0 aliphatic heterocycles. The average molecular weight is 307 g/mol. The van der Waals surface area contributed by atoms with E-state index in [1.807, 2.05) is 6.92 Å². The highest BCUT2D eigenvalue weighted by atomic mass is 32.2. The van der Waals surface area contributed by atoms with Crippen LogP contribution in [0.15, 0.2) is 24.3 Å². The van der Waals surface area contributed by atoms with E-state index >= 15 is 0 Å². The van der Waals surface area contributed by atoms with Gasteiger partial charge in [0.2, 0.25) is 5.91 Å². The van der Waals surface area contributed by atoms with Gasteiger partial charge >= 0.3 is 5.97 Å². The summed E-state index contributed by atoms with van der Waals surface area (Å²) in [6.07, 6.45) is 2.56. The molecule has 0 unspecified atom stereocenters. The number of carboxylic acids is 1. The second-order valence-corrected chi connectivity index (χ2v) is 6.72. The number of carbonyl (C=O) groups excluding carboxylic acids is 1. The number of aliphatic carboxylic acids is 1. The maximum atomic E-state index is 12.0. The Morgan fingerprint density at radius 2 is 1.95 bits per heavy atom. The van der Waals surface area contributed by atoms with Gasteiger partial charge < -0.3 is 10.4 Å². The van der Waals surface area contributed by atoms with E-state index in [1.54, 1.807) is 11.8 Å². The van der Waals surface area contributed by atoms with Gasteiger partial charge in [-0.3, -0.25) is 9.59 Å². The molecule has 1 aromatic rings. The summed E-state index contributed by atoms with van der Waals surface area (Å²) >= 11 is 1.55. The fourth-order valence-corrected chi connectivity index (χ4v) is 3.30. The third-order valence-electron chi connectivity index (χ3n) is 3.83. The highest BCUT2D eigenvalue weighted by Gasteiger charge is 2.40. The van der Waals surface area contributed by atoms with Gasteiger partial charge in [0.05, 0.1) is 17.7 Å². The van der Waals surface area contributed by atoms with Gasteiger partial charge in [0.15, 0.2) is 0 Å². The van der Waals surface area contributed by atoms with Crippen molar-refractivity contribution in [3.63, 3.8) is 0 Å². The van der Waals surface area contributed by atoms with Crippen molar-refractivity contribution in [1.82, 2.24) is 5.32 Å². The predicted octanol–water partition coefficient (Wildman–Crippen LogP) is 2.74. The van der Waals surface area contributed by atoms with E-state index in [2.05, 4.69) is 29.6 Å². The summed E-state index contributed by atoms with van der Waals surface area (Å²) in [5, 5.41) is 11.8. The zero-order chi connectivity index (χ0) is 15.3. The number of carboxylic acid groups (broad SMARTS) is 1. The SMILES string of the molecule is Cc1ccc(CSCC(=O)NC2(CC(=O)O)CCC2)cc1. The molecule has 1 aliphatic carbocycles. The van der Waals surface area contributed by atoms with Crippen molar-refractivity contribution in [1.29, 1.82) is 0 Å². The Morgan fingerprint density at radius 1 is 1.29 bits per heavy atom. The first-order valence-electron chi connectivity index (χ1n) is 7.15. The van der Waals surface area contributed by atoms with E-state index in [1.165, 1.54) is 11.1 Å². The minimum Gasteiger partial charge on any atom is -0.481 e. The number of benzene rings is 1. The van der Waals surface area contributed by atoms with E-state index in [9.17, 15) is 9.59 Å². The van der Waals surface area contributed by atoms with Crippen molar-refractivity contribution in [3.8, 4) is 0 Å². The Balaban J connectivity index is 1.74. The van der Waals surface area contributed by atoms with Crippen LogP contribution < -0.4 is 5.32 Å². The minimum absolute atomic E-state index is 0.0291. The molecule has 1 aromatic carbocycles. The first-order chi connectivity index (χ1) is 9.99. The van der Waals surface area contributed by atoms with Crippen molar-refractivity contribution >= 4 is 23.6 Å². The van der Waals surface area contributed by atoms with E-state index in [0.717, 1.165) is 25.0 Å². The Bertz CT molecular complexity index is 509. The normalized spacial score (nSPS) is 16.0. The Hall–Kier alpha value is -1.49. The fourth-order valence-electron chi connectivity index (χ4n) is 2.52. The summed E-state index contributed by atoms with van der Waals surface area (Å²) in [6, 6.07) is 8.26. The molecular weight excluding hydrogens is 286 g/mol. The summed E-state index contributed by atoms with van der Waals surface area (Å²) in [5.74, 6) is 0.255. The van der Waals surface area contributed by atoms with Crippen LogP contribution in [0.2, 0.25) is 0 Å².